The molecule has 0 aromatic rings. The van der Waals surface area contributed by atoms with Gasteiger partial charge in [0.1, 0.15) is 0 Å². The van der Waals surface area contributed by atoms with Crippen molar-refractivity contribution in [2.45, 2.75) is 27.7 Å². The van der Waals surface area contributed by atoms with Gasteiger partial charge in [-0.05, 0) is 42.9 Å². The van der Waals surface area contributed by atoms with Crippen molar-refractivity contribution in [1.82, 2.24) is 0 Å². The van der Waals surface area contributed by atoms with Crippen molar-refractivity contribution in [3.8, 4) is 0 Å². The van der Waals surface area contributed by atoms with Gasteiger partial charge < -0.3 is 0 Å². The van der Waals surface area contributed by atoms with Crippen molar-refractivity contribution in [3.63, 3.8) is 0 Å². The molecule has 0 aliphatic carbocycles. The molecule has 0 aliphatic heterocycles. The highest BCUT2D eigenvalue weighted by molar-refractivity contribution is 7.84. The third-order valence-corrected chi connectivity index (χ3v) is 2.80. The predicted octanol–water partition coefficient (Wildman–Crippen LogP) is 5.65. The lowest BCUT2D eigenvalue weighted by molar-refractivity contribution is 0.846. The van der Waals surface area contributed by atoms with Crippen molar-refractivity contribution in [3.05, 3.63) is 71.2 Å². The fourth-order valence-corrected chi connectivity index (χ4v) is 1.60. The number of allylic oxidation sites excluding steroid dienone is 9. The predicted molar refractivity (Wildman–Crippen MR) is 87.9 cm³/mol. The Labute approximate surface area is 118 Å². The number of hydrogen-bond donors (Lipinski definition) is 1. The van der Waals surface area contributed by atoms with E-state index < -0.39 is 0 Å². The largest absolute Gasteiger partial charge is 0.144 e. The first kappa shape index (κ1) is 16.8. The molecule has 0 nitrogen and oxygen atoms in total. The minimum absolute atomic E-state index is 0.312. The number of rotatable bonds is 6. The topological polar surface area (TPSA) is 0 Å². The van der Waals surface area contributed by atoms with Crippen LogP contribution >= 0.6 is 12.6 Å². The van der Waals surface area contributed by atoms with Gasteiger partial charge in [0.05, 0.1) is 0 Å². The van der Waals surface area contributed by atoms with Crippen LogP contribution in [-0.4, -0.2) is 0 Å². The molecule has 0 fully saturated rings. The molecule has 1 atom stereocenters. The molecule has 0 spiro atoms. The lowest BCUT2D eigenvalue weighted by Gasteiger charge is -2.14. The summed E-state index contributed by atoms with van der Waals surface area (Å²) in [6, 6.07) is 0. The van der Waals surface area contributed by atoms with E-state index in [4.69, 9.17) is 0 Å². The fourth-order valence-electron chi connectivity index (χ4n) is 1.53. The van der Waals surface area contributed by atoms with Crippen molar-refractivity contribution in [2.24, 2.45) is 5.92 Å². The molecule has 0 saturated carbocycles. The summed E-state index contributed by atoms with van der Waals surface area (Å²) in [6.45, 7) is 16.0. The molecule has 98 valence electrons. The Morgan fingerprint density at radius 1 is 1.11 bits per heavy atom. The molecule has 0 bridgehead atoms. The maximum absolute atomic E-state index is 4.17. The zero-order valence-corrected chi connectivity index (χ0v) is 12.8. The average molecular weight is 260 g/mol. The maximum Gasteiger partial charge on any atom is 0.00575 e. The Kier molecular flexibility index (Phi) is 8.23. The van der Waals surface area contributed by atoms with Gasteiger partial charge in [-0.1, -0.05) is 56.0 Å². The van der Waals surface area contributed by atoms with Gasteiger partial charge in [0, 0.05) is 5.92 Å². The Balaban J connectivity index is 5.14. The summed E-state index contributed by atoms with van der Waals surface area (Å²) in [5, 5.41) is 0. The van der Waals surface area contributed by atoms with E-state index in [1.54, 1.807) is 0 Å². The Bertz CT molecular complexity index is 413. The molecule has 0 rings (SSSR count). The lowest BCUT2D eigenvalue weighted by atomic mass is 9.91. The van der Waals surface area contributed by atoms with Crippen LogP contribution in [0.2, 0.25) is 0 Å². The average Bonchev–Trinajstić information content (AvgIpc) is 2.29. The van der Waals surface area contributed by atoms with Crippen molar-refractivity contribution >= 4 is 12.6 Å². The van der Waals surface area contributed by atoms with Crippen LogP contribution in [0, 0.1) is 5.92 Å². The monoisotopic (exact) mass is 260 g/mol. The van der Waals surface area contributed by atoms with Crippen LogP contribution in [0.15, 0.2) is 71.2 Å². The molecule has 1 heteroatoms. The van der Waals surface area contributed by atoms with Gasteiger partial charge in [-0.25, -0.2) is 0 Å². The van der Waals surface area contributed by atoms with E-state index in [1.807, 2.05) is 19.1 Å². The zero-order chi connectivity index (χ0) is 14.1. The fraction of sp³-hybridized carbons (Fsp3) is 0.294. The highest BCUT2D eigenvalue weighted by Gasteiger charge is 2.08. The van der Waals surface area contributed by atoms with Crippen LogP contribution in [0.25, 0.3) is 0 Å². The van der Waals surface area contributed by atoms with Gasteiger partial charge >= 0.3 is 0 Å². The molecule has 0 aliphatic rings. The Hall–Kier alpha value is -1.21. The van der Waals surface area contributed by atoms with Crippen LogP contribution in [0.5, 0.6) is 0 Å². The summed E-state index contributed by atoms with van der Waals surface area (Å²) in [6.07, 6.45) is 12.2. The second-order valence-electron chi connectivity index (χ2n) is 4.45. The molecule has 0 heterocycles. The Morgan fingerprint density at radius 3 is 2.11 bits per heavy atom. The van der Waals surface area contributed by atoms with E-state index in [0.717, 1.165) is 4.91 Å². The van der Waals surface area contributed by atoms with Gasteiger partial charge in [-0.15, -0.1) is 12.6 Å². The minimum atomic E-state index is 0.312. The van der Waals surface area contributed by atoms with Gasteiger partial charge in [0.15, 0.2) is 0 Å². The second kappa shape index (κ2) is 8.82. The zero-order valence-electron chi connectivity index (χ0n) is 11.9. The summed E-state index contributed by atoms with van der Waals surface area (Å²) in [4.78, 5) is 0.759. The van der Waals surface area contributed by atoms with Gasteiger partial charge in [-0.2, -0.15) is 0 Å². The maximum atomic E-state index is 4.17. The first-order valence-electron chi connectivity index (χ1n) is 6.12. The van der Waals surface area contributed by atoms with Crippen molar-refractivity contribution in [2.75, 3.05) is 0 Å². The third kappa shape index (κ3) is 6.51. The molecule has 18 heavy (non-hydrogen) atoms. The van der Waals surface area contributed by atoms with Crippen LogP contribution in [-0.2, 0) is 0 Å². The smallest absolute Gasteiger partial charge is 0.00575 e. The van der Waals surface area contributed by atoms with Crippen LogP contribution < -0.4 is 0 Å². The molecule has 1 unspecified atom stereocenters. The van der Waals surface area contributed by atoms with Gasteiger partial charge in [0.2, 0.25) is 0 Å². The molecule has 0 saturated heterocycles. The molecule has 0 aromatic carbocycles. The van der Waals surface area contributed by atoms with Crippen LogP contribution in [0.4, 0.5) is 0 Å². The SMILES string of the molecule is C=C/C(=C\C=C(C)C)C(C)C(/C=C\C(=C)S)=C/C. The first-order chi connectivity index (χ1) is 8.42. The third-order valence-electron chi connectivity index (χ3n) is 2.65. The standard InChI is InChI=1S/C17H24S/c1-7-16(11-9-13(3)4)15(6)17(8-2)12-10-14(5)18/h7-12,15,18H,1,5H2,2-4,6H3/b12-10-,16-11+,17-8+. The Morgan fingerprint density at radius 2 is 1.72 bits per heavy atom. The van der Waals surface area contributed by atoms with E-state index in [2.05, 4.69) is 70.9 Å². The summed E-state index contributed by atoms with van der Waals surface area (Å²) >= 11 is 4.17. The second-order valence-corrected chi connectivity index (χ2v) is 5.02. The van der Waals surface area contributed by atoms with E-state index in [0.29, 0.717) is 5.92 Å². The van der Waals surface area contributed by atoms with E-state index in [1.165, 1.54) is 16.7 Å². The first-order valence-corrected chi connectivity index (χ1v) is 6.56. The molecular weight excluding hydrogens is 236 g/mol. The number of hydrogen-bond acceptors (Lipinski definition) is 1. The molecule has 0 aromatic heterocycles. The molecule has 0 N–H and O–H groups in total. The summed E-state index contributed by atoms with van der Waals surface area (Å²) in [7, 11) is 0. The highest BCUT2D eigenvalue weighted by atomic mass is 32.1. The van der Waals surface area contributed by atoms with Gasteiger partial charge in [-0.3, -0.25) is 0 Å². The van der Waals surface area contributed by atoms with E-state index in [-0.39, 0.29) is 0 Å². The van der Waals surface area contributed by atoms with Crippen LogP contribution in [0.1, 0.15) is 27.7 Å². The van der Waals surface area contributed by atoms with E-state index in [9.17, 15) is 0 Å². The minimum Gasteiger partial charge on any atom is -0.144 e. The van der Waals surface area contributed by atoms with E-state index >= 15 is 0 Å². The molecule has 0 radical (unpaired) electrons. The molecular formula is C17H24S. The normalized spacial score (nSPS) is 14.5. The summed E-state index contributed by atoms with van der Waals surface area (Å²) < 4.78 is 0. The van der Waals surface area contributed by atoms with Crippen molar-refractivity contribution in [1.29, 1.82) is 0 Å². The number of thiol groups is 1. The highest BCUT2D eigenvalue weighted by Crippen LogP contribution is 2.23. The summed E-state index contributed by atoms with van der Waals surface area (Å²) in [5.74, 6) is 0.312. The van der Waals surface area contributed by atoms with Crippen molar-refractivity contribution < 1.29 is 0 Å². The lowest BCUT2D eigenvalue weighted by Crippen LogP contribution is -1.99. The molecule has 0 amide bonds. The van der Waals surface area contributed by atoms with Gasteiger partial charge in [0.25, 0.3) is 0 Å². The summed E-state index contributed by atoms with van der Waals surface area (Å²) in [5.41, 5.74) is 3.72. The van der Waals surface area contributed by atoms with Crippen LogP contribution in [0.3, 0.4) is 0 Å². The quantitative estimate of drug-likeness (QED) is 0.463.